The zero-order chi connectivity index (χ0) is 22.5. The van der Waals surface area contributed by atoms with E-state index in [-0.39, 0.29) is 6.10 Å². The molecule has 1 fully saturated rings. The summed E-state index contributed by atoms with van der Waals surface area (Å²) in [5, 5.41) is 39.0. The van der Waals surface area contributed by atoms with Gasteiger partial charge in [-0.05, 0) is 58.3 Å². The van der Waals surface area contributed by atoms with Crippen molar-refractivity contribution >= 4 is 0 Å². The molecule has 6 heteroatoms. The van der Waals surface area contributed by atoms with E-state index in [1.807, 2.05) is 12.2 Å². The number of hydrogen-bond acceptors (Lipinski definition) is 6. The van der Waals surface area contributed by atoms with Gasteiger partial charge in [-0.1, -0.05) is 48.8 Å². The lowest BCUT2D eigenvalue weighted by Gasteiger charge is -2.40. The summed E-state index contributed by atoms with van der Waals surface area (Å²) in [7, 11) is 0. The highest BCUT2D eigenvalue weighted by Gasteiger charge is 2.44. The highest BCUT2D eigenvalue weighted by atomic mass is 16.7. The molecular weight excluding hydrogens is 384 g/mol. The zero-order valence-corrected chi connectivity index (χ0v) is 19.0. The van der Waals surface area contributed by atoms with Crippen molar-refractivity contribution in [2.45, 2.75) is 104 Å². The lowest BCUT2D eigenvalue weighted by atomic mass is 9.71. The van der Waals surface area contributed by atoms with E-state index in [2.05, 4.69) is 33.8 Å². The molecule has 6 nitrogen and oxygen atoms in total. The van der Waals surface area contributed by atoms with Gasteiger partial charge < -0.3 is 29.9 Å². The van der Waals surface area contributed by atoms with Crippen LogP contribution >= 0.6 is 0 Å². The van der Waals surface area contributed by atoms with E-state index in [0.717, 1.165) is 12.8 Å². The van der Waals surface area contributed by atoms with Crippen LogP contribution < -0.4 is 0 Å². The van der Waals surface area contributed by atoms with Crippen molar-refractivity contribution in [3.05, 3.63) is 34.9 Å². The zero-order valence-electron chi connectivity index (χ0n) is 19.0. The fraction of sp³-hybridized carbons (Fsp3) is 0.750. The molecule has 1 aliphatic carbocycles. The minimum absolute atomic E-state index is 0.298. The second kappa shape index (κ2) is 11.0. The molecule has 0 bridgehead atoms. The largest absolute Gasteiger partial charge is 0.394 e. The SMILES string of the molecule is CC1=C(CC/C(C)=C/C=C/C(C)OC2O[C@H](CO)[C@@H](O)[C@H](O)[C@H]2O)C(C)(C)CCC1. The maximum Gasteiger partial charge on any atom is 0.187 e. The van der Waals surface area contributed by atoms with E-state index in [1.165, 1.54) is 24.8 Å². The minimum Gasteiger partial charge on any atom is -0.394 e. The van der Waals surface area contributed by atoms with Crippen molar-refractivity contribution in [3.8, 4) is 0 Å². The van der Waals surface area contributed by atoms with Crippen molar-refractivity contribution in [2.24, 2.45) is 5.41 Å². The Morgan fingerprint density at radius 3 is 2.57 bits per heavy atom. The fourth-order valence-corrected chi connectivity index (χ4v) is 4.45. The number of aliphatic hydroxyl groups is 4. The van der Waals surface area contributed by atoms with Crippen molar-refractivity contribution in [1.82, 2.24) is 0 Å². The standard InChI is InChI=1S/C24H40O6/c1-15(11-12-18-16(2)9-7-13-24(18,4)5)8-6-10-17(3)29-23-22(28)21(27)20(26)19(14-25)30-23/h6,8,10,17,19-23,25-28H,7,9,11-14H2,1-5H3/b10-6+,15-8+/t17?,19-,20-,21+,22-,23?/m1/s1. The van der Waals surface area contributed by atoms with Crippen LogP contribution in [0.2, 0.25) is 0 Å². The molecule has 2 unspecified atom stereocenters. The van der Waals surface area contributed by atoms with Gasteiger partial charge in [-0.15, -0.1) is 0 Å². The summed E-state index contributed by atoms with van der Waals surface area (Å²) in [4.78, 5) is 0. The Balaban J connectivity index is 1.87. The molecule has 2 aliphatic rings. The van der Waals surface area contributed by atoms with E-state index < -0.39 is 37.3 Å². The third-order valence-corrected chi connectivity index (χ3v) is 6.42. The molecule has 172 valence electrons. The molecule has 4 N–H and O–H groups in total. The monoisotopic (exact) mass is 424 g/mol. The predicted molar refractivity (Wildman–Crippen MR) is 117 cm³/mol. The molecule has 1 saturated heterocycles. The quantitative estimate of drug-likeness (QED) is 0.353. The summed E-state index contributed by atoms with van der Waals surface area (Å²) in [6.07, 6.45) is 5.06. The van der Waals surface area contributed by atoms with Crippen molar-refractivity contribution in [2.75, 3.05) is 6.61 Å². The van der Waals surface area contributed by atoms with E-state index >= 15 is 0 Å². The first-order valence-corrected chi connectivity index (χ1v) is 11.1. The Kier molecular flexibility index (Phi) is 9.28. The fourth-order valence-electron chi connectivity index (χ4n) is 4.45. The Hall–Kier alpha value is -1.02. The highest BCUT2D eigenvalue weighted by molar-refractivity contribution is 5.24. The molecular formula is C24H40O6. The number of hydrogen-bond donors (Lipinski definition) is 4. The molecule has 6 atom stereocenters. The Labute approximate surface area is 180 Å². The summed E-state index contributed by atoms with van der Waals surface area (Å²) in [5.74, 6) is 0. The van der Waals surface area contributed by atoms with Crippen molar-refractivity contribution in [3.63, 3.8) is 0 Å². The van der Waals surface area contributed by atoms with Crippen LogP contribution in [0.15, 0.2) is 34.9 Å². The van der Waals surface area contributed by atoms with E-state index in [1.54, 1.807) is 18.1 Å². The minimum atomic E-state index is -1.43. The maximum absolute atomic E-state index is 10.1. The van der Waals surface area contributed by atoms with Gasteiger partial charge in [0.15, 0.2) is 6.29 Å². The van der Waals surface area contributed by atoms with Gasteiger partial charge in [0.05, 0.1) is 12.7 Å². The van der Waals surface area contributed by atoms with Gasteiger partial charge in [-0.25, -0.2) is 0 Å². The van der Waals surface area contributed by atoms with Gasteiger partial charge in [-0.3, -0.25) is 0 Å². The smallest absolute Gasteiger partial charge is 0.187 e. The molecule has 0 amide bonds. The van der Waals surface area contributed by atoms with Crippen LogP contribution in [0.4, 0.5) is 0 Å². The normalized spacial score (nSPS) is 33.9. The average molecular weight is 425 g/mol. The van der Waals surface area contributed by atoms with Gasteiger partial charge in [0.2, 0.25) is 0 Å². The van der Waals surface area contributed by atoms with Crippen LogP contribution in [0.3, 0.4) is 0 Å². The molecule has 0 aromatic heterocycles. The molecule has 0 spiro atoms. The van der Waals surface area contributed by atoms with Gasteiger partial charge in [0.25, 0.3) is 0 Å². The lowest BCUT2D eigenvalue weighted by Crippen LogP contribution is -2.59. The van der Waals surface area contributed by atoms with Crippen LogP contribution in [0.1, 0.15) is 66.7 Å². The van der Waals surface area contributed by atoms with Crippen molar-refractivity contribution < 1.29 is 29.9 Å². The molecule has 1 aliphatic heterocycles. The average Bonchev–Trinajstić information content (AvgIpc) is 2.67. The van der Waals surface area contributed by atoms with Gasteiger partial charge in [-0.2, -0.15) is 0 Å². The number of allylic oxidation sites excluding steroid dienone is 5. The molecule has 0 radical (unpaired) electrons. The number of rotatable bonds is 8. The van der Waals surface area contributed by atoms with Crippen LogP contribution in [-0.2, 0) is 9.47 Å². The van der Waals surface area contributed by atoms with Crippen LogP contribution in [0.5, 0.6) is 0 Å². The first kappa shape index (κ1) is 25.2. The second-order valence-corrected chi connectivity index (χ2v) is 9.43. The van der Waals surface area contributed by atoms with Gasteiger partial charge >= 0.3 is 0 Å². The third-order valence-electron chi connectivity index (χ3n) is 6.42. The maximum atomic E-state index is 10.1. The van der Waals surface area contributed by atoms with Crippen LogP contribution in [0.25, 0.3) is 0 Å². The summed E-state index contributed by atoms with van der Waals surface area (Å²) in [6.45, 7) is 10.4. The molecule has 0 aromatic rings. The van der Waals surface area contributed by atoms with Crippen molar-refractivity contribution in [1.29, 1.82) is 0 Å². The molecule has 1 heterocycles. The van der Waals surface area contributed by atoms with Gasteiger partial charge in [0.1, 0.15) is 24.4 Å². The second-order valence-electron chi connectivity index (χ2n) is 9.43. The number of ether oxygens (including phenoxy) is 2. The summed E-state index contributed by atoms with van der Waals surface area (Å²) < 4.78 is 11.0. The molecule has 0 saturated carbocycles. The van der Waals surface area contributed by atoms with Crippen LogP contribution in [-0.4, -0.2) is 63.8 Å². The predicted octanol–water partition coefficient (Wildman–Crippen LogP) is 3.00. The first-order chi connectivity index (χ1) is 14.1. The number of aliphatic hydroxyl groups excluding tert-OH is 4. The molecule has 30 heavy (non-hydrogen) atoms. The summed E-state index contributed by atoms with van der Waals surface area (Å²) in [5.41, 5.74) is 4.74. The topological polar surface area (TPSA) is 99.4 Å². The molecule has 2 rings (SSSR count). The van der Waals surface area contributed by atoms with E-state index in [9.17, 15) is 20.4 Å². The van der Waals surface area contributed by atoms with E-state index in [0.29, 0.717) is 5.41 Å². The Morgan fingerprint density at radius 2 is 1.93 bits per heavy atom. The summed E-state index contributed by atoms with van der Waals surface area (Å²) >= 11 is 0. The Bertz CT molecular complexity index is 648. The van der Waals surface area contributed by atoms with Crippen LogP contribution in [0, 0.1) is 5.41 Å². The molecule has 0 aromatic carbocycles. The summed E-state index contributed by atoms with van der Waals surface area (Å²) in [6, 6.07) is 0. The highest BCUT2D eigenvalue weighted by Crippen LogP contribution is 2.42. The third kappa shape index (κ3) is 6.49. The van der Waals surface area contributed by atoms with E-state index in [4.69, 9.17) is 9.47 Å². The lowest BCUT2D eigenvalue weighted by molar-refractivity contribution is -0.306. The first-order valence-electron chi connectivity index (χ1n) is 11.1. The van der Waals surface area contributed by atoms with Gasteiger partial charge in [0, 0.05) is 0 Å². The Morgan fingerprint density at radius 1 is 1.23 bits per heavy atom.